The number of hydrogen-bond donors (Lipinski definition) is 0. The maximum atomic E-state index is 12.3. The van der Waals surface area contributed by atoms with Crippen LogP contribution in [0.4, 0.5) is 4.79 Å². The molecule has 2 saturated heterocycles. The Bertz CT molecular complexity index is 778. The first kappa shape index (κ1) is 20.9. The molecule has 30 heavy (non-hydrogen) atoms. The fourth-order valence-electron chi connectivity index (χ4n) is 4.82. The van der Waals surface area contributed by atoms with E-state index in [1.165, 1.54) is 11.1 Å². The highest BCUT2D eigenvalue weighted by Gasteiger charge is 2.39. The molecule has 2 heterocycles. The van der Waals surface area contributed by atoms with Gasteiger partial charge in [0, 0.05) is 26.2 Å². The number of carbonyl (C=O) groups excluding carboxylic acids is 1. The van der Waals surface area contributed by atoms with Crippen LogP contribution < -0.4 is 0 Å². The summed E-state index contributed by atoms with van der Waals surface area (Å²) in [7, 11) is 0. The van der Waals surface area contributed by atoms with Gasteiger partial charge in [-0.25, -0.2) is 4.79 Å². The van der Waals surface area contributed by atoms with Gasteiger partial charge < -0.3 is 9.64 Å². The van der Waals surface area contributed by atoms with Crippen LogP contribution >= 0.6 is 0 Å². The number of piperidine rings is 1. The zero-order valence-electron chi connectivity index (χ0n) is 18.5. The maximum absolute atomic E-state index is 12.3. The van der Waals surface area contributed by atoms with Gasteiger partial charge in [-0.05, 0) is 56.6 Å². The fraction of sp³-hybridized carbons (Fsp3) is 0.500. The minimum atomic E-state index is -0.424. The predicted molar refractivity (Wildman–Crippen MR) is 120 cm³/mol. The lowest BCUT2D eigenvalue weighted by Gasteiger charge is -2.49. The molecule has 0 atom stereocenters. The Labute approximate surface area is 180 Å². The molecule has 0 radical (unpaired) electrons. The summed E-state index contributed by atoms with van der Waals surface area (Å²) in [5.41, 5.74) is 2.30. The van der Waals surface area contributed by atoms with Gasteiger partial charge in [0.05, 0.1) is 6.04 Å². The molecule has 2 fully saturated rings. The highest BCUT2D eigenvalue weighted by atomic mass is 16.6. The van der Waals surface area contributed by atoms with Crippen molar-refractivity contribution >= 4 is 6.09 Å². The van der Waals surface area contributed by atoms with E-state index in [-0.39, 0.29) is 6.09 Å². The lowest BCUT2D eigenvalue weighted by atomic mass is 9.78. The lowest BCUT2D eigenvalue weighted by molar-refractivity contribution is -0.00623. The molecular formula is C26H34N2O2. The van der Waals surface area contributed by atoms with Gasteiger partial charge >= 0.3 is 6.09 Å². The molecule has 0 bridgehead atoms. The van der Waals surface area contributed by atoms with Gasteiger partial charge in [0.1, 0.15) is 5.60 Å². The summed E-state index contributed by atoms with van der Waals surface area (Å²) in [6.07, 6.45) is 2.00. The minimum Gasteiger partial charge on any atom is -0.444 e. The van der Waals surface area contributed by atoms with Crippen LogP contribution in [-0.4, -0.2) is 47.7 Å². The molecule has 4 nitrogen and oxygen atoms in total. The topological polar surface area (TPSA) is 32.8 Å². The molecule has 0 N–H and O–H groups in total. The third kappa shape index (κ3) is 4.86. The van der Waals surface area contributed by atoms with Crippen molar-refractivity contribution in [3.05, 3.63) is 71.8 Å². The van der Waals surface area contributed by atoms with E-state index < -0.39 is 5.60 Å². The van der Waals surface area contributed by atoms with Crippen LogP contribution in [0.3, 0.4) is 0 Å². The van der Waals surface area contributed by atoms with Crippen LogP contribution in [0, 0.1) is 11.8 Å². The van der Waals surface area contributed by atoms with Gasteiger partial charge in [-0.3, -0.25) is 4.90 Å². The van der Waals surface area contributed by atoms with Gasteiger partial charge in [0.25, 0.3) is 0 Å². The summed E-state index contributed by atoms with van der Waals surface area (Å²) in [4.78, 5) is 16.8. The summed E-state index contributed by atoms with van der Waals surface area (Å²) < 4.78 is 5.54. The summed E-state index contributed by atoms with van der Waals surface area (Å²) in [5.74, 6) is 1.42. The Morgan fingerprint density at radius 1 is 0.867 bits per heavy atom. The standard InChI is InChI=1S/C26H34N2O2/c1-26(2,3)30-25(29)27-16-14-20(15-17-27)23-18-28(19-23)24(21-10-6-4-7-11-21)22-12-8-5-9-13-22/h4-13,20,23-24H,14-19H2,1-3H3. The zero-order valence-corrected chi connectivity index (χ0v) is 18.5. The van der Waals surface area contributed by atoms with Gasteiger partial charge in [-0.2, -0.15) is 0 Å². The Balaban J connectivity index is 1.34. The van der Waals surface area contributed by atoms with E-state index in [1.54, 1.807) is 0 Å². The number of amides is 1. The highest BCUT2D eigenvalue weighted by molar-refractivity contribution is 5.68. The highest BCUT2D eigenvalue weighted by Crippen LogP contribution is 2.39. The van der Waals surface area contributed by atoms with E-state index in [0.717, 1.165) is 44.9 Å². The summed E-state index contributed by atoms with van der Waals surface area (Å²) in [6.45, 7) is 9.67. The predicted octanol–water partition coefficient (Wildman–Crippen LogP) is 5.35. The number of hydrogen-bond acceptors (Lipinski definition) is 3. The SMILES string of the molecule is CC(C)(C)OC(=O)N1CCC(C2CN(C(c3ccccc3)c3ccccc3)C2)CC1. The average Bonchev–Trinajstić information content (AvgIpc) is 2.70. The number of rotatable bonds is 4. The number of likely N-dealkylation sites (tertiary alicyclic amines) is 2. The summed E-state index contributed by atoms with van der Waals surface area (Å²) >= 11 is 0. The second kappa shape index (κ2) is 8.81. The monoisotopic (exact) mass is 406 g/mol. The molecule has 0 aliphatic carbocycles. The van der Waals surface area contributed by atoms with Crippen molar-refractivity contribution in [2.45, 2.75) is 45.3 Å². The maximum Gasteiger partial charge on any atom is 0.410 e. The first-order valence-electron chi connectivity index (χ1n) is 11.2. The molecule has 160 valence electrons. The smallest absolute Gasteiger partial charge is 0.410 e. The summed E-state index contributed by atoms with van der Waals surface area (Å²) in [5, 5.41) is 0. The first-order chi connectivity index (χ1) is 14.4. The van der Waals surface area contributed by atoms with Crippen molar-refractivity contribution in [3.63, 3.8) is 0 Å². The zero-order chi connectivity index (χ0) is 21.1. The molecule has 0 unspecified atom stereocenters. The van der Waals surface area contributed by atoms with Crippen LogP contribution in [0.15, 0.2) is 60.7 Å². The van der Waals surface area contributed by atoms with Crippen LogP contribution in [0.5, 0.6) is 0 Å². The van der Waals surface area contributed by atoms with Crippen molar-refractivity contribution in [3.8, 4) is 0 Å². The average molecular weight is 407 g/mol. The molecular weight excluding hydrogens is 372 g/mol. The van der Waals surface area contributed by atoms with Crippen molar-refractivity contribution in [2.75, 3.05) is 26.2 Å². The third-order valence-corrected chi connectivity index (χ3v) is 6.39. The molecule has 4 heteroatoms. The number of benzene rings is 2. The van der Waals surface area contributed by atoms with Crippen molar-refractivity contribution in [2.24, 2.45) is 11.8 Å². The largest absolute Gasteiger partial charge is 0.444 e. The van der Waals surface area contributed by atoms with Crippen LogP contribution in [0.25, 0.3) is 0 Å². The van der Waals surface area contributed by atoms with Crippen molar-refractivity contribution < 1.29 is 9.53 Å². The van der Waals surface area contributed by atoms with E-state index in [4.69, 9.17) is 4.74 Å². The van der Waals surface area contributed by atoms with Crippen LogP contribution in [-0.2, 0) is 4.74 Å². The van der Waals surface area contributed by atoms with Crippen LogP contribution in [0.1, 0.15) is 50.8 Å². The molecule has 2 aromatic rings. The molecule has 0 aromatic heterocycles. The van der Waals surface area contributed by atoms with E-state index in [2.05, 4.69) is 65.6 Å². The van der Waals surface area contributed by atoms with E-state index >= 15 is 0 Å². The third-order valence-electron chi connectivity index (χ3n) is 6.39. The molecule has 1 amide bonds. The molecule has 2 aliphatic rings. The van der Waals surface area contributed by atoms with E-state index in [1.807, 2.05) is 25.7 Å². The van der Waals surface area contributed by atoms with Gasteiger partial charge in [0.2, 0.25) is 0 Å². The lowest BCUT2D eigenvalue weighted by Crippen LogP contribution is -2.53. The molecule has 2 aliphatic heterocycles. The molecule has 2 aromatic carbocycles. The molecule has 4 rings (SSSR count). The van der Waals surface area contributed by atoms with Gasteiger partial charge in [0.15, 0.2) is 0 Å². The van der Waals surface area contributed by atoms with E-state index in [0.29, 0.717) is 12.0 Å². The van der Waals surface area contributed by atoms with Crippen LogP contribution in [0.2, 0.25) is 0 Å². The number of nitrogens with zero attached hydrogens (tertiary/aromatic N) is 2. The Morgan fingerprint density at radius 3 is 1.83 bits per heavy atom. The molecule has 0 spiro atoms. The summed E-state index contributed by atoms with van der Waals surface area (Å²) in [6, 6.07) is 22.0. The van der Waals surface area contributed by atoms with Crippen molar-refractivity contribution in [1.82, 2.24) is 9.80 Å². The van der Waals surface area contributed by atoms with E-state index in [9.17, 15) is 4.79 Å². The first-order valence-corrected chi connectivity index (χ1v) is 11.2. The second-order valence-electron chi connectivity index (χ2n) is 9.74. The Hall–Kier alpha value is -2.33. The fourth-order valence-corrected chi connectivity index (χ4v) is 4.82. The number of ether oxygens (including phenoxy) is 1. The molecule has 0 saturated carbocycles. The second-order valence-corrected chi connectivity index (χ2v) is 9.74. The normalized spacial score (nSPS) is 19.0. The Morgan fingerprint density at radius 2 is 1.37 bits per heavy atom. The van der Waals surface area contributed by atoms with Crippen molar-refractivity contribution in [1.29, 1.82) is 0 Å². The quantitative estimate of drug-likeness (QED) is 0.686. The van der Waals surface area contributed by atoms with Gasteiger partial charge in [-0.1, -0.05) is 60.7 Å². The minimum absolute atomic E-state index is 0.163. The number of carbonyl (C=O) groups is 1. The Kier molecular flexibility index (Phi) is 6.14. The van der Waals surface area contributed by atoms with Gasteiger partial charge in [-0.15, -0.1) is 0 Å².